The van der Waals surface area contributed by atoms with Gasteiger partial charge in [-0.15, -0.1) is 0 Å². The Labute approximate surface area is 558 Å². The number of carboxylic acids is 1. The molecule has 95 heavy (non-hydrogen) atoms. The van der Waals surface area contributed by atoms with Gasteiger partial charge in [0.2, 0.25) is 11.6 Å². The van der Waals surface area contributed by atoms with Crippen LogP contribution in [0.1, 0.15) is 116 Å². The van der Waals surface area contributed by atoms with E-state index in [1.807, 2.05) is 137 Å². The highest BCUT2D eigenvalue weighted by molar-refractivity contribution is 5.84. The third-order valence-corrected chi connectivity index (χ3v) is 16.7. The van der Waals surface area contributed by atoms with E-state index in [1.54, 1.807) is 48.0 Å². The van der Waals surface area contributed by atoms with Gasteiger partial charge < -0.3 is 71.4 Å². The van der Waals surface area contributed by atoms with E-state index < -0.39 is 95.0 Å². The lowest BCUT2D eigenvalue weighted by Gasteiger charge is -2.53. The number of methoxy groups -OCH3 is 6. The van der Waals surface area contributed by atoms with E-state index in [9.17, 15) is 33.9 Å². The first-order chi connectivity index (χ1) is 45.4. The Balaban J connectivity index is 0.000000344. The first kappa shape index (κ1) is 77.8. The van der Waals surface area contributed by atoms with Gasteiger partial charge in [0.25, 0.3) is 0 Å². The van der Waals surface area contributed by atoms with Crippen molar-refractivity contribution in [2.75, 3.05) is 42.7 Å². The van der Waals surface area contributed by atoms with Gasteiger partial charge in [0.15, 0.2) is 12.2 Å². The molecule has 2 aliphatic heterocycles. The SMILES string of the molecule is CCC(=O)O[C@H]1/C(=C/C(=O)OC)C[C@@H](C[C@@H](OCc2ccc(OC)cc2)[C@@H](C)OCc2ccccc2)O[C@@]1(OC)C(C)(C)/C=C/C(=O)O.CCC(=O)O[C@H]1/C(=C/C(=O)OC)C[C@@H](C[C@@H](OCc2ccc(OC)cc2)[C@@H](C)OCc2ccccc2)O[C@@]1(OC)C(C)(C)/C=C/C=O. The summed E-state index contributed by atoms with van der Waals surface area (Å²) in [6, 6.07) is 34.8. The molecule has 2 fully saturated rings. The van der Waals surface area contributed by atoms with E-state index in [4.69, 9.17) is 66.3 Å². The van der Waals surface area contributed by atoms with Gasteiger partial charge in [-0.2, -0.15) is 0 Å². The molecule has 0 unspecified atom stereocenters. The summed E-state index contributed by atoms with van der Waals surface area (Å²) in [4.78, 5) is 73.7. The number of esters is 4. The predicted molar refractivity (Wildman–Crippen MR) is 352 cm³/mol. The standard InChI is InChI=1S/C37H48O11.C37H48O10/c1-8-33(40)47-35-28(21-34(41)43-6)20-30(48-37(35,44-7)36(3,4)19-18-32(38)39)22-31(25(2)45-23-26-12-10-9-11-13-26)46-24-27-14-16-29(42-5)17-15-27;1-8-33(39)46-35-29(22-34(40)42-6)21-31(47-37(35,43-7)36(3,4)19-12-20-38)23-32(26(2)44-24-27-13-10-9-11-14-27)45-25-28-15-17-30(41-5)18-16-28/h9-19,21,25,30-31,35H,8,20,22-24H2,1-7H3,(H,38,39);9-20,22,26,31-32,35H,8,21,23-25H2,1-7H3/b19-18+,28-21+;19-12+,29-22+/t25-,30+,31-,35+,37-;26-,31+,32-,35+,37-/m11/s1. The van der Waals surface area contributed by atoms with Crippen LogP contribution >= 0.6 is 0 Å². The summed E-state index contributed by atoms with van der Waals surface area (Å²) >= 11 is 0. The minimum atomic E-state index is -1.75. The van der Waals surface area contributed by atoms with Crippen molar-refractivity contribution in [3.05, 3.63) is 179 Å². The van der Waals surface area contributed by atoms with E-state index in [1.165, 1.54) is 52.7 Å². The number of carbonyl (C=O) groups excluding carboxylic acids is 5. The van der Waals surface area contributed by atoms with Crippen LogP contribution in [0, 0.1) is 10.8 Å². The van der Waals surface area contributed by atoms with Gasteiger partial charge in [-0.25, -0.2) is 14.4 Å². The highest BCUT2D eigenvalue weighted by atomic mass is 16.7. The van der Waals surface area contributed by atoms with Gasteiger partial charge in [0.1, 0.15) is 17.8 Å². The van der Waals surface area contributed by atoms with E-state index in [2.05, 4.69) is 0 Å². The molecule has 4 aromatic carbocycles. The summed E-state index contributed by atoms with van der Waals surface area (Å²) in [6.07, 6.45) is 4.42. The van der Waals surface area contributed by atoms with Gasteiger partial charge in [0.05, 0.1) is 91.5 Å². The van der Waals surface area contributed by atoms with Crippen molar-refractivity contribution in [2.24, 2.45) is 10.8 Å². The molecule has 0 aliphatic carbocycles. The Bertz CT molecular complexity index is 3180. The topological polar surface area (TPSA) is 252 Å². The average molecular weight is 1320 g/mol. The second-order valence-electron chi connectivity index (χ2n) is 24.0. The third kappa shape index (κ3) is 22.4. The van der Waals surface area contributed by atoms with Crippen LogP contribution in [0.2, 0.25) is 0 Å². The maximum absolute atomic E-state index is 12.7. The number of carboxylic acid groups (broad SMARTS) is 1. The number of rotatable bonds is 34. The molecule has 21 heteroatoms. The van der Waals surface area contributed by atoms with Gasteiger partial charge in [0, 0.05) is 69.0 Å². The zero-order valence-electron chi connectivity index (χ0n) is 57.2. The van der Waals surface area contributed by atoms with Crippen molar-refractivity contribution in [2.45, 2.75) is 181 Å². The molecule has 4 aromatic rings. The molecule has 0 saturated carbocycles. The molecule has 518 valence electrons. The molecule has 2 saturated heterocycles. The molecule has 21 nitrogen and oxygen atoms in total. The second kappa shape index (κ2) is 38.0. The van der Waals surface area contributed by atoms with Crippen molar-refractivity contribution in [3.8, 4) is 11.5 Å². The van der Waals surface area contributed by atoms with Crippen LogP contribution in [0.3, 0.4) is 0 Å². The van der Waals surface area contributed by atoms with E-state index >= 15 is 0 Å². The van der Waals surface area contributed by atoms with Gasteiger partial charge in [-0.05, 0) is 90.4 Å². The third-order valence-electron chi connectivity index (χ3n) is 16.7. The summed E-state index contributed by atoms with van der Waals surface area (Å²) < 4.78 is 83.7. The molecular formula is C74H96O21. The Hall–Kier alpha value is -7.86. The highest BCUT2D eigenvalue weighted by Gasteiger charge is 2.61. The summed E-state index contributed by atoms with van der Waals surface area (Å²) in [5, 5.41) is 9.47. The van der Waals surface area contributed by atoms with Crippen molar-refractivity contribution >= 4 is 36.1 Å². The normalized spacial score (nSPS) is 22.0. The van der Waals surface area contributed by atoms with E-state index in [0.29, 0.717) is 43.7 Å². The maximum Gasteiger partial charge on any atom is 0.330 e. The number of allylic oxidation sites excluding steroid dienone is 1. The lowest BCUT2D eigenvalue weighted by Crippen LogP contribution is -2.63. The van der Waals surface area contributed by atoms with E-state index in [0.717, 1.165) is 39.8 Å². The number of aldehydes is 1. The maximum atomic E-state index is 12.7. The fourth-order valence-electron chi connectivity index (χ4n) is 11.2. The number of aliphatic carboxylic acids is 1. The Kier molecular flexibility index (Phi) is 31.2. The molecule has 0 aromatic heterocycles. The predicted octanol–water partition coefficient (Wildman–Crippen LogP) is 11.7. The summed E-state index contributed by atoms with van der Waals surface area (Å²) in [6.45, 7) is 15.5. The van der Waals surface area contributed by atoms with E-state index in [-0.39, 0.29) is 44.8 Å². The van der Waals surface area contributed by atoms with Crippen molar-refractivity contribution in [1.82, 2.24) is 0 Å². The smallest absolute Gasteiger partial charge is 0.330 e. The largest absolute Gasteiger partial charge is 0.497 e. The molecule has 0 bridgehead atoms. The molecule has 6 rings (SSSR count). The molecule has 10 atom stereocenters. The minimum Gasteiger partial charge on any atom is -0.497 e. The molecular weight excluding hydrogens is 1220 g/mol. The average Bonchev–Trinajstić information content (AvgIpc) is 0.746. The molecule has 0 amide bonds. The van der Waals surface area contributed by atoms with Gasteiger partial charge in [-0.1, -0.05) is 139 Å². The lowest BCUT2D eigenvalue weighted by molar-refractivity contribution is -0.339. The zero-order chi connectivity index (χ0) is 69.8. The van der Waals surface area contributed by atoms with Gasteiger partial charge >= 0.3 is 29.8 Å². The van der Waals surface area contributed by atoms with Gasteiger partial charge in [-0.3, -0.25) is 14.4 Å². The Morgan fingerprint density at radius 3 is 1.22 bits per heavy atom. The molecule has 1 N–H and O–H groups in total. The number of ether oxygens (including phenoxy) is 14. The van der Waals surface area contributed by atoms with Crippen LogP contribution in [0.4, 0.5) is 0 Å². The fraction of sp³-hybridized carbons (Fsp3) is 0.486. The van der Waals surface area contributed by atoms with Crippen molar-refractivity contribution in [3.63, 3.8) is 0 Å². The molecule has 0 spiro atoms. The molecule has 0 radical (unpaired) electrons. The van der Waals surface area contributed by atoms with Crippen LogP contribution in [-0.4, -0.2) is 144 Å². The number of hydrogen-bond donors (Lipinski definition) is 1. The first-order valence-electron chi connectivity index (χ1n) is 31.7. The lowest BCUT2D eigenvalue weighted by atomic mass is 9.74. The van der Waals surface area contributed by atoms with Crippen molar-refractivity contribution < 1.29 is 100 Å². The molecule has 2 aliphatic rings. The first-order valence-corrected chi connectivity index (χ1v) is 31.7. The summed E-state index contributed by atoms with van der Waals surface area (Å²) in [7, 11) is 8.59. The Morgan fingerprint density at radius 2 is 0.895 bits per heavy atom. The van der Waals surface area contributed by atoms with Crippen LogP contribution in [-0.2, 0) is 112 Å². The van der Waals surface area contributed by atoms with Crippen molar-refractivity contribution in [1.29, 1.82) is 0 Å². The number of benzene rings is 4. The minimum absolute atomic E-state index is 0.0498. The Morgan fingerprint density at radius 1 is 0.537 bits per heavy atom. The fourth-order valence-corrected chi connectivity index (χ4v) is 11.2. The summed E-state index contributed by atoms with van der Waals surface area (Å²) in [5.41, 5.74) is 2.52. The molecule has 2 heterocycles. The number of hydrogen-bond acceptors (Lipinski definition) is 20. The second-order valence-corrected chi connectivity index (χ2v) is 24.0. The summed E-state index contributed by atoms with van der Waals surface area (Å²) in [5.74, 6) is -5.42. The van der Waals surface area contributed by atoms with Crippen LogP contribution in [0.25, 0.3) is 0 Å². The quantitative estimate of drug-likeness (QED) is 0.0197. The number of carbonyl (C=O) groups is 6. The van der Waals surface area contributed by atoms with Crippen LogP contribution < -0.4 is 9.47 Å². The monoisotopic (exact) mass is 1320 g/mol. The highest BCUT2D eigenvalue weighted by Crippen LogP contribution is 2.51. The van der Waals surface area contributed by atoms with Crippen LogP contribution in [0.15, 0.2) is 157 Å². The zero-order valence-corrected chi connectivity index (χ0v) is 57.2. The van der Waals surface area contributed by atoms with Crippen LogP contribution in [0.5, 0.6) is 11.5 Å².